The molecule has 0 radical (unpaired) electrons. The van der Waals surface area contributed by atoms with Crippen LogP contribution in [0.2, 0.25) is 0 Å². The Hall–Kier alpha value is -0.540. The van der Waals surface area contributed by atoms with Gasteiger partial charge in [-0.3, -0.25) is 0 Å². The van der Waals surface area contributed by atoms with Crippen LogP contribution in [0.25, 0.3) is 0 Å². The molecule has 1 aliphatic heterocycles. The molecule has 0 amide bonds. The van der Waals surface area contributed by atoms with E-state index in [0.717, 1.165) is 17.3 Å². The summed E-state index contributed by atoms with van der Waals surface area (Å²) in [6, 6.07) is 6.53. The van der Waals surface area contributed by atoms with Crippen molar-refractivity contribution in [1.29, 1.82) is 0 Å². The van der Waals surface area contributed by atoms with Gasteiger partial charge in [0.1, 0.15) is 5.82 Å². The third-order valence-corrected chi connectivity index (χ3v) is 3.36. The molecule has 1 unspecified atom stereocenters. The smallest absolute Gasteiger partial charge is 0.190 e. The highest BCUT2D eigenvalue weighted by Crippen LogP contribution is 2.21. The second kappa shape index (κ2) is 2.83. The lowest BCUT2D eigenvalue weighted by Crippen LogP contribution is -2.27. The molecule has 1 nitrogen and oxygen atoms in total. The Balaban J connectivity index is 2.18. The Kier molecular flexibility index (Phi) is 1.84. The SMILES string of the molecule is Fc1ccc([S+]2CCO2)cc1. The number of hydrogen-bond acceptors (Lipinski definition) is 1. The molecule has 2 rings (SSSR count). The molecular formula is C8H8FOS+. The fourth-order valence-electron chi connectivity index (χ4n) is 0.939. The monoisotopic (exact) mass is 171 g/mol. The van der Waals surface area contributed by atoms with Gasteiger partial charge in [-0.25, -0.2) is 4.39 Å². The Morgan fingerprint density at radius 2 is 1.91 bits per heavy atom. The predicted octanol–water partition coefficient (Wildman–Crippen LogP) is 1.75. The fraction of sp³-hybridized carbons (Fsp3) is 0.250. The van der Waals surface area contributed by atoms with Crippen LogP contribution >= 0.6 is 0 Å². The molecular weight excluding hydrogens is 163 g/mol. The van der Waals surface area contributed by atoms with Crippen LogP contribution in [-0.2, 0) is 15.4 Å². The summed E-state index contributed by atoms with van der Waals surface area (Å²) in [5.41, 5.74) is 0. The Morgan fingerprint density at radius 3 is 2.36 bits per heavy atom. The summed E-state index contributed by atoms with van der Waals surface area (Å²) in [4.78, 5) is 1.11. The van der Waals surface area contributed by atoms with Crippen molar-refractivity contribution < 1.29 is 8.57 Å². The van der Waals surface area contributed by atoms with Crippen molar-refractivity contribution in [2.45, 2.75) is 4.90 Å². The predicted molar refractivity (Wildman–Crippen MR) is 42.9 cm³/mol. The summed E-state index contributed by atoms with van der Waals surface area (Å²) < 4.78 is 17.7. The maximum atomic E-state index is 12.4. The maximum Gasteiger partial charge on any atom is 0.190 e. The minimum atomic E-state index is -0.183. The minimum absolute atomic E-state index is 0.0348. The first-order valence-corrected chi connectivity index (χ1v) is 4.78. The average molecular weight is 171 g/mol. The van der Waals surface area contributed by atoms with Gasteiger partial charge in [0.05, 0.1) is 0 Å². The first-order valence-electron chi connectivity index (χ1n) is 3.46. The van der Waals surface area contributed by atoms with Gasteiger partial charge in [0.15, 0.2) is 28.4 Å². The topological polar surface area (TPSA) is 9.23 Å². The van der Waals surface area contributed by atoms with E-state index in [2.05, 4.69) is 0 Å². The molecule has 3 heteroatoms. The first kappa shape index (κ1) is 7.13. The van der Waals surface area contributed by atoms with E-state index in [9.17, 15) is 4.39 Å². The van der Waals surface area contributed by atoms with E-state index in [0.29, 0.717) is 0 Å². The second-order valence-electron chi connectivity index (χ2n) is 2.33. The molecule has 1 heterocycles. The standard InChI is InChI=1S/C8H8FOS/c9-7-1-3-8(4-2-7)11-6-5-10-11/h1-4H,5-6H2/q+1. The number of halogens is 1. The van der Waals surface area contributed by atoms with Crippen molar-refractivity contribution >= 4 is 11.2 Å². The van der Waals surface area contributed by atoms with Gasteiger partial charge in [0, 0.05) is 0 Å². The van der Waals surface area contributed by atoms with Crippen molar-refractivity contribution in [3.63, 3.8) is 0 Å². The highest BCUT2D eigenvalue weighted by Gasteiger charge is 2.33. The number of hydrogen-bond donors (Lipinski definition) is 0. The molecule has 1 aliphatic rings. The molecule has 11 heavy (non-hydrogen) atoms. The van der Waals surface area contributed by atoms with Crippen LogP contribution in [0.3, 0.4) is 0 Å². The lowest BCUT2D eigenvalue weighted by atomic mass is 10.4. The van der Waals surface area contributed by atoms with Gasteiger partial charge in [-0.05, 0) is 24.3 Å². The second-order valence-corrected chi connectivity index (χ2v) is 4.13. The molecule has 0 aromatic heterocycles. The molecule has 1 saturated heterocycles. The van der Waals surface area contributed by atoms with Crippen molar-refractivity contribution in [2.24, 2.45) is 0 Å². The van der Waals surface area contributed by atoms with Crippen LogP contribution in [0, 0.1) is 5.82 Å². The van der Waals surface area contributed by atoms with E-state index in [1.54, 1.807) is 12.1 Å². The molecule has 0 aliphatic carbocycles. The van der Waals surface area contributed by atoms with Crippen LogP contribution in [0.4, 0.5) is 4.39 Å². The van der Waals surface area contributed by atoms with Gasteiger partial charge < -0.3 is 0 Å². The Labute approximate surface area is 67.7 Å². The van der Waals surface area contributed by atoms with Crippen LogP contribution in [0.5, 0.6) is 0 Å². The van der Waals surface area contributed by atoms with Crippen molar-refractivity contribution in [1.82, 2.24) is 0 Å². The maximum absolute atomic E-state index is 12.4. The van der Waals surface area contributed by atoms with Crippen LogP contribution in [-0.4, -0.2) is 12.4 Å². The molecule has 1 atom stereocenters. The molecule has 0 spiro atoms. The zero-order valence-electron chi connectivity index (χ0n) is 5.92. The number of rotatable bonds is 1. The van der Waals surface area contributed by atoms with Crippen molar-refractivity contribution in [3.05, 3.63) is 30.1 Å². The van der Waals surface area contributed by atoms with Gasteiger partial charge in [-0.1, -0.05) is 0 Å². The molecule has 1 aromatic rings. The molecule has 1 aromatic carbocycles. The Morgan fingerprint density at radius 1 is 1.27 bits per heavy atom. The van der Waals surface area contributed by atoms with E-state index in [1.165, 1.54) is 12.1 Å². The van der Waals surface area contributed by atoms with Crippen LogP contribution in [0.1, 0.15) is 0 Å². The normalized spacial score (nSPS) is 22.8. The summed E-state index contributed by atoms with van der Waals surface area (Å²) in [7, 11) is 0. The summed E-state index contributed by atoms with van der Waals surface area (Å²) in [5, 5.41) is 0. The Bertz CT molecular complexity index is 243. The summed E-state index contributed by atoms with van der Waals surface area (Å²) in [6.45, 7) is 0.848. The molecule has 1 fully saturated rings. The number of benzene rings is 1. The van der Waals surface area contributed by atoms with Gasteiger partial charge >= 0.3 is 0 Å². The highest BCUT2D eigenvalue weighted by molar-refractivity contribution is 7.93. The summed E-state index contributed by atoms with van der Waals surface area (Å²) >= 11 is -0.0348. The summed E-state index contributed by atoms with van der Waals surface area (Å²) in [6.07, 6.45) is 0. The molecule has 0 bridgehead atoms. The molecule has 58 valence electrons. The third-order valence-electron chi connectivity index (χ3n) is 1.57. The van der Waals surface area contributed by atoms with E-state index in [1.807, 2.05) is 0 Å². The fourth-order valence-corrected chi connectivity index (χ4v) is 2.08. The highest BCUT2D eigenvalue weighted by atomic mass is 32.2. The molecule has 0 saturated carbocycles. The van der Waals surface area contributed by atoms with E-state index < -0.39 is 0 Å². The summed E-state index contributed by atoms with van der Waals surface area (Å²) in [5.74, 6) is 0.906. The minimum Gasteiger partial charge on any atom is -0.207 e. The lowest BCUT2D eigenvalue weighted by molar-refractivity contribution is 0.341. The lowest BCUT2D eigenvalue weighted by Gasteiger charge is -2.12. The van der Waals surface area contributed by atoms with Crippen molar-refractivity contribution in [3.8, 4) is 0 Å². The van der Waals surface area contributed by atoms with E-state index >= 15 is 0 Å². The average Bonchev–Trinajstić information content (AvgIpc) is 1.90. The van der Waals surface area contributed by atoms with Gasteiger partial charge in [0.25, 0.3) is 0 Å². The molecule has 0 N–H and O–H groups in total. The first-order chi connectivity index (χ1) is 5.36. The van der Waals surface area contributed by atoms with E-state index in [-0.39, 0.29) is 17.0 Å². The zero-order valence-corrected chi connectivity index (χ0v) is 6.73. The van der Waals surface area contributed by atoms with Crippen LogP contribution < -0.4 is 0 Å². The van der Waals surface area contributed by atoms with Gasteiger partial charge in [-0.15, -0.1) is 0 Å². The zero-order chi connectivity index (χ0) is 7.68. The van der Waals surface area contributed by atoms with Crippen LogP contribution in [0.15, 0.2) is 29.2 Å². The van der Waals surface area contributed by atoms with Crippen molar-refractivity contribution in [2.75, 3.05) is 12.4 Å². The van der Waals surface area contributed by atoms with Gasteiger partial charge in [-0.2, -0.15) is 4.18 Å². The van der Waals surface area contributed by atoms with Gasteiger partial charge in [0.2, 0.25) is 0 Å². The van der Waals surface area contributed by atoms with E-state index in [4.69, 9.17) is 4.18 Å². The quantitative estimate of drug-likeness (QED) is 0.585. The third kappa shape index (κ3) is 1.39. The largest absolute Gasteiger partial charge is 0.207 e.